The Balaban J connectivity index is 1.77. The van der Waals surface area contributed by atoms with Crippen molar-refractivity contribution in [2.24, 2.45) is 0 Å². The number of fused-ring (bicyclic) bond motifs is 1. The van der Waals surface area contributed by atoms with E-state index in [0.717, 1.165) is 29.2 Å². The Kier molecular flexibility index (Phi) is 3.38. The van der Waals surface area contributed by atoms with Gasteiger partial charge in [-0.2, -0.15) is 0 Å². The van der Waals surface area contributed by atoms with Crippen LogP contribution < -0.4 is 5.32 Å². The van der Waals surface area contributed by atoms with Crippen molar-refractivity contribution in [1.82, 2.24) is 4.98 Å². The Morgan fingerprint density at radius 1 is 1.11 bits per heavy atom. The van der Waals surface area contributed by atoms with E-state index in [4.69, 9.17) is 23.2 Å². The molecule has 0 amide bonds. The minimum absolute atomic E-state index is 0.398. The van der Waals surface area contributed by atoms with E-state index in [1.165, 1.54) is 11.1 Å². The monoisotopic (exact) mass is 292 g/mol. The minimum atomic E-state index is 0.398. The molecule has 1 unspecified atom stereocenters. The van der Waals surface area contributed by atoms with Crippen LogP contribution >= 0.6 is 23.2 Å². The maximum atomic E-state index is 6.03. The third kappa shape index (κ3) is 2.70. The first-order chi connectivity index (χ1) is 9.11. The molecule has 1 heterocycles. The molecule has 1 aromatic carbocycles. The molecule has 2 nitrogen and oxygen atoms in total. The molecule has 19 heavy (non-hydrogen) atoms. The van der Waals surface area contributed by atoms with E-state index in [1.807, 2.05) is 25.1 Å². The largest absolute Gasteiger partial charge is 0.380 e. The fourth-order valence-electron chi connectivity index (χ4n) is 2.59. The number of nitrogens with one attached hydrogen (secondary N) is 1. The average Bonchev–Trinajstić information content (AvgIpc) is 2.74. The van der Waals surface area contributed by atoms with Crippen LogP contribution in [0.1, 0.15) is 16.8 Å². The lowest BCUT2D eigenvalue weighted by Gasteiger charge is -2.15. The molecular formula is C15H14Cl2N2. The minimum Gasteiger partial charge on any atom is -0.380 e. The summed E-state index contributed by atoms with van der Waals surface area (Å²) in [4.78, 5) is 4.26. The predicted octanol–water partition coefficient (Wildman–Crippen LogP) is 4.28. The molecule has 1 aromatic heterocycles. The molecule has 2 aromatic rings. The fraction of sp³-hybridized carbons (Fsp3) is 0.267. The van der Waals surface area contributed by atoms with E-state index < -0.39 is 0 Å². The van der Waals surface area contributed by atoms with Gasteiger partial charge in [-0.3, -0.25) is 0 Å². The van der Waals surface area contributed by atoms with Gasteiger partial charge in [0.1, 0.15) is 5.15 Å². The second kappa shape index (κ2) is 5.03. The zero-order valence-electron chi connectivity index (χ0n) is 10.6. The predicted molar refractivity (Wildman–Crippen MR) is 80.3 cm³/mol. The highest BCUT2D eigenvalue weighted by atomic mass is 35.5. The molecule has 3 rings (SSSR count). The second-order valence-corrected chi connectivity index (χ2v) is 5.75. The number of nitrogens with zero attached hydrogens (tertiary/aromatic N) is 1. The Morgan fingerprint density at radius 3 is 2.68 bits per heavy atom. The lowest BCUT2D eigenvalue weighted by molar-refractivity contribution is 0.772. The number of anilines is 1. The van der Waals surface area contributed by atoms with Gasteiger partial charge in [-0.25, -0.2) is 4.98 Å². The molecule has 0 spiro atoms. The van der Waals surface area contributed by atoms with Crippen LogP contribution in [0.5, 0.6) is 0 Å². The van der Waals surface area contributed by atoms with Crippen molar-refractivity contribution in [3.05, 3.63) is 57.3 Å². The van der Waals surface area contributed by atoms with Crippen LogP contribution in [0, 0.1) is 6.92 Å². The summed E-state index contributed by atoms with van der Waals surface area (Å²) in [6.45, 7) is 1.97. The molecule has 0 aliphatic heterocycles. The van der Waals surface area contributed by atoms with Gasteiger partial charge in [-0.05, 0) is 55.2 Å². The number of benzene rings is 1. The lowest BCUT2D eigenvalue weighted by atomic mass is 10.1. The highest BCUT2D eigenvalue weighted by molar-refractivity contribution is 6.30. The highest BCUT2D eigenvalue weighted by Crippen LogP contribution is 2.28. The standard InChI is InChI=1S/C15H14Cl2N2/c1-9-14(4-5-15(17)18-9)19-13-7-10-2-3-12(16)6-11(10)8-13/h2-6,13,19H,7-8H2,1H3. The number of hydrogen-bond acceptors (Lipinski definition) is 2. The molecular weight excluding hydrogens is 279 g/mol. The molecule has 0 saturated carbocycles. The lowest BCUT2D eigenvalue weighted by Crippen LogP contribution is -2.20. The summed E-state index contributed by atoms with van der Waals surface area (Å²) >= 11 is 11.9. The molecule has 1 aliphatic rings. The molecule has 0 bridgehead atoms. The van der Waals surface area contributed by atoms with Gasteiger partial charge in [-0.1, -0.05) is 29.3 Å². The van der Waals surface area contributed by atoms with Crippen molar-refractivity contribution in [2.75, 3.05) is 5.32 Å². The maximum Gasteiger partial charge on any atom is 0.129 e. The van der Waals surface area contributed by atoms with Crippen LogP contribution in [0.3, 0.4) is 0 Å². The second-order valence-electron chi connectivity index (χ2n) is 4.93. The summed E-state index contributed by atoms with van der Waals surface area (Å²) in [5.74, 6) is 0. The smallest absolute Gasteiger partial charge is 0.129 e. The molecule has 1 aliphatic carbocycles. The van der Waals surface area contributed by atoms with Crippen LogP contribution in [-0.4, -0.2) is 11.0 Å². The summed E-state index contributed by atoms with van der Waals surface area (Å²) in [5, 5.41) is 4.88. The molecule has 98 valence electrons. The van der Waals surface area contributed by atoms with E-state index in [1.54, 1.807) is 0 Å². The Labute approximate surface area is 122 Å². The first-order valence-corrected chi connectivity index (χ1v) is 7.04. The van der Waals surface area contributed by atoms with E-state index in [0.29, 0.717) is 11.2 Å². The van der Waals surface area contributed by atoms with Gasteiger partial charge in [0.2, 0.25) is 0 Å². The zero-order chi connectivity index (χ0) is 13.4. The molecule has 0 radical (unpaired) electrons. The number of pyridine rings is 1. The fourth-order valence-corrected chi connectivity index (χ4v) is 2.98. The van der Waals surface area contributed by atoms with Gasteiger partial charge in [0, 0.05) is 11.1 Å². The molecule has 1 atom stereocenters. The van der Waals surface area contributed by atoms with E-state index in [-0.39, 0.29) is 0 Å². The van der Waals surface area contributed by atoms with Crippen LogP contribution in [0.15, 0.2) is 30.3 Å². The van der Waals surface area contributed by atoms with Crippen LogP contribution in [-0.2, 0) is 12.8 Å². The summed E-state index contributed by atoms with van der Waals surface area (Å²) in [7, 11) is 0. The van der Waals surface area contributed by atoms with Crippen LogP contribution in [0.25, 0.3) is 0 Å². The number of rotatable bonds is 2. The van der Waals surface area contributed by atoms with Crippen molar-refractivity contribution in [3.63, 3.8) is 0 Å². The molecule has 0 saturated heterocycles. The summed E-state index contributed by atoms with van der Waals surface area (Å²) in [6, 6.07) is 10.3. The number of aromatic nitrogens is 1. The molecule has 0 fully saturated rings. The molecule has 4 heteroatoms. The number of hydrogen-bond donors (Lipinski definition) is 1. The van der Waals surface area contributed by atoms with Gasteiger partial charge in [0.25, 0.3) is 0 Å². The van der Waals surface area contributed by atoms with E-state index in [9.17, 15) is 0 Å². The third-order valence-electron chi connectivity index (χ3n) is 3.51. The van der Waals surface area contributed by atoms with Crippen molar-refractivity contribution in [1.29, 1.82) is 0 Å². The SMILES string of the molecule is Cc1nc(Cl)ccc1NC1Cc2ccc(Cl)cc2C1. The number of aryl methyl sites for hydroxylation is 1. The first kappa shape index (κ1) is 12.8. The maximum absolute atomic E-state index is 6.03. The topological polar surface area (TPSA) is 24.9 Å². The van der Waals surface area contributed by atoms with Gasteiger partial charge < -0.3 is 5.32 Å². The Bertz CT molecular complexity index is 626. The van der Waals surface area contributed by atoms with E-state index >= 15 is 0 Å². The first-order valence-electron chi connectivity index (χ1n) is 6.29. The van der Waals surface area contributed by atoms with Crippen molar-refractivity contribution >= 4 is 28.9 Å². The average molecular weight is 293 g/mol. The van der Waals surface area contributed by atoms with Crippen molar-refractivity contribution in [2.45, 2.75) is 25.8 Å². The van der Waals surface area contributed by atoms with Crippen LogP contribution in [0.4, 0.5) is 5.69 Å². The normalized spacial score (nSPS) is 17.3. The van der Waals surface area contributed by atoms with E-state index in [2.05, 4.69) is 22.4 Å². The van der Waals surface area contributed by atoms with Gasteiger partial charge in [0.15, 0.2) is 0 Å². The van der Waals surface area contributed by atoms with Gasteiger partial charge in [0.05, 0.1) is 11.4 Å². The number of halogens is 2. The highest BCUT2D eigenvalue weighted by Gasteiger charge is 2.21. The van der Waals surface area contributed by atoms with Crippen molar-refractivity contribution in [3.8, 4) is 0 Å². The summed E-state index contributed by atoms with van der Waals surface area (Å²) in [6.07, 6.45) is 2.02. The van der Waals surface area contributed by atoms with Crippen LogP contribution in [0.2, 0.25) is 10.2 Å². The quantitative estimate of drug-likeness (QED) is 0.836. The summed E-state index contributed by atoms with van der Waals surface area (Å²) < 4.78 is 0. The summed E-state index contributed by atoms with van der Waals surface area (Å²) in [5.41, 5.74) is 4.70. The Morgan fingerprint density at radius 2 is 1.89 bits per heavy atom. The van der Waals surface area contributed by atoms with Gasteiger partial charge in [-0.15, -0.1) is 0 Å². The van der Waals surface area contributed by atoms with Crippen molar-refractivity contribution < 1.29 is 0 Å². The van der Waals surface area contributed by atoms with Gasteiger partial charge >= 0.3 is 0 Å². The zero-order valence-corrected chi connectivity index (χ0v) is 12.1. The Hall–Kier alpha value is -1.25. The molecule has 1 N–H and O–H groups in total. The third-order valence-corrected chi connectivity index (χ3v) is 3.96.